The third kappa shape index (κ3) is 12.7. The van der Waals surface area contributed by atoms with Crippen LogP contribution in [-0.2, 0) is 14.3 Å². The molecule has 0 saturated heterocycles. The van der Waals surface area contributed by atoms with Gasteiger partial charge in [-0.05, 0) is 13.0 Å². The van der Waals surface area contributed by atoms with Crippen LogP contribution >= 0.6 is 0 Å². The molecule has 0 aliphatic heterocycles. The standard InChI is InChI=1S/C9H18NO2.C3H5NO.ClH/c1-7(2)9(11)12-8(3)10(4,5)6;1-2-3(4)5;/h8H,1H2,2-6H3;2H,1H2,(H2,4,5);1H/q+1;;/p-1. The molecule has 0 fully saturated rings. The number of amides is 1. The normalized spacial score (nSPS) is 10.9. The number of nitrogens with zero attached hydrogens (tertiary/aromatic N) is 1. The van der Waals surface area contributed by atoms with E-state index in [0.29, 0.717) is 10.1 Å². The molecule has 0 rings (SSSR count). The number of carbonyl (C=O) groups excluding carboxylic acids is 2. The quantitative estimate of drug-likeness (QED) is 0.275. The van der Waals surface area contributed by atoms with Crippen molar-refractivity contribution in [2.24, 2.45) is 5.73 Å². The monoisotopic (exact) mass is 278 g/mol. The molecule has 0 aromatic rings. The molecule has 1 atom stereocenters. The zero-order valence-corrected chi connectivity index (χ0v) is 12.5. The summed E-state index contributed by atoms with van der Waals surface area (Å²) in [5.41, 5.74) is 4.97. The van der Waals surface area contributed by atoms with Crippen molar-refractivity contribution in [1.82, 2.24) is 0 Å². The van der Waals surface area contributed by atoms with Crippen LogP contribution in [0.15, 0.2) is 24.8 Å². The van der Waals surface area contributed by atoms with E-state index in [4.69, 9.17) is 4.74 Å². The topological polar surface area (TPSA) is 69.4 Å². The Morgan fingerprint density at radius 3 is 1.83 bits per heavy atom. The zero-order chi connectivity index (χ0) is 14.2. The third-order valence-corrected chi connectivity index (χ3v) is 1.92. The number of ether oxygens (including phenoxy) is 1. The highest BCUT2D eigenvalue weighted by molar-refractivity contribution is 5.87. The smallest absolute Gasteiger partial charge is 0.337 e. The molecule has 18 heavy (non-hydrogen) atoms. The van der Waals surface area contributed by atoms with E-state index < -0.39 is 5.91 Å². The Morgan fingerprint density at radius 2 is 1.67 bits per heavy atom. The van der Waals surface area contributed by atoms with E-state index in [1.165, 1.54) is 0 Å². The zero-order valence-electron chi connectivity index (χ0n) is 11.7. The maximum Gasteiger partial charge on any atom is 0.337 e. The van der Waals surface area contributed by atoms with E-state index in [0.717, 1.165) is 6.08 Å². The van der Waals surface area contributed by atoms with E-state index in [9.17, 15) is 9.59 Å². The van der Waals surface area contributed by atoms with Crippen molar-refractivity contribution in [3.63, 3.8) is 0 Å². The molecule has 0 saturated carbocycles. The molecule has 2 N–H and O–H groups in total. The number of nitrogens with two attached hydrogens (primary N) is 1. The van der Waals surface area contributed by atoms with Crippen LogP contribution in [0.3, 0.4) is 0 Å². The molecule has 0 aromatic carbocycles. The highest BCUT2D eigenvalue weighted by Crippen LogP contribution is 2.06. The average molecular weight is 279 g/mol. The molecule has 106 valence electrons. The lowest BCUT2D eigenvalue weighted by atomic mass is 10.3. The van der Waals surface area contributed by atoms with Gasteiger partial charge in [-0.25, -0.2) is 4.79 Å². The van der Waals surface area contributed by atoms with Gasteiger partial charge in [0, 0.05) is 12.5 Å². The molecule has 0 aliphatic rings. The minimum atomic E-state index is -0.481. The second kappa shape index (κ2) is 9.67. The largest absolute Gasteiger partial charge is 1.00 e. The highest BCUT2D eigenvalue weighted by atomic mass is 35.5. The predicted molar refractivity (Wildman–Crippen MR) is 67.8 cm³/mol. The number of halogens is 1. The Bertz CT molecular complexity index is 309. The van der Waals surface area contributed by atoms with Gasteiger partial charge in [0.05, 0.1) is 21.1 Å². The van der Waals surface area contributed by atoms with Crippen molar-refractivity contribution in [2.45, 2.75) is 20.1 Å². The lowest BCUT2D eigenvalue weighted by molar-refractivity contribution is -0.914. The minimum Gasteiger partial charge on any atom is -1.00 e. The number of primary amides is 1. The van der Waals surface area contributed by atoms with Gasteiger partial charge >= 0.3 is 5.97 Å². The first-order chi connectivity index (χ1) is 7.52. The van der Waals surface area contributed by atoms with E-state index >= 15 is 0 Å². The van der Waals surface area contributed by atoms with Crippen molar-refractivity contribution in [2.75, 3.05) is 21.1 Å². The Labute approximate surface area is 115 Å². The molecule has 1 amide bonds. The first-order valence-corrected chi connectivity index (χ1v) is 5.11. The van der Waals surface area contributed by atoms with Gasteiger partial charge in [0.1, 0.15) is 0 Å². The second-order valence-electron chi connectivity index (χ2n) is 4.51. The summed E-state index contributed by atoms with van der Waals surface area (Å²) in [7, 11) is 5.91. The highest BCUT2D eigenvalue weighted by Gasteiger charge is 2.22. The molecule has 0 radical (unpaired) electrons. The maximum atomic E-state index is 11.1. The maximum absolute atomic E-state index is 11.1. The fourth-order valence-corrected chi connectivity index (χ4v) is 0.414. The summed E-state index contributed by atoms with van der Waals surface area (Å²) in [6, 6.07) is 0. The number of esters is 1. The SMILES string of the molecule is C=C(C)C(=O)OC(C)[N+](C)(C)C.C=CC(N)=O.[Cl-]. The van der Waals surface area contributed by atoms with Gasteiger partial charge in [0.15, 0.2) is 0 Å². The Kier molecular flexibility index (Phi) is 11.8. The van der Waals surface area contributed by atoms with E-state index in [2.05, 4.69) is 18.9 Å². The number of rotatable bonds is 4. The van der Waals surface area contributed by atoms with Crippen molar-refractivity contribution >= 4 is 11.9 Å². The van der Waals surface area contributed by atoms with Gasteiger partial charge in [-0.2, -0.15) is 0 Å². The van der Waals surface area contributed by atoms with Crippen molar-refractivity contribution in [3.8, 4) is 0 Å². The van der Waals surface area contributed by atoms with Crippen LogP contribution in [0.25, 0.3) is 0 Å². The summed E-state index contributed by atoms with van der Waals surface area (Å²) < 4.78 is 5.71. The molecule has 0 heterocycles. The van der Waals surface area contributed by atoms with Crippen LogP contribution in [0, 0.1) is 0 Å². The molecule has 0 spiro atoms. The molecular formula is C12H23ClN2O3. The van der Waals surface area contributed by atoms with Gasteiger partial charge in [-0.3, -0.25) is 9.28 Å². The molecule has 6 heteroatoms. The van der Waals surface area contributed by atoms with Crippen LogP contribution in [0.4, 0.5) is 0 Å². The molecule has 0 aliphatic carbocycles. The van der Waals surface area contributed by atoms with Gasteiger partial charge in [-0.1, -0.05) is 13.2 Å². The lowest BCUT2D eigenvalue weighted by Crippen LogP contribution is -3.00. The second-order valence-corrected chi connectivity index (χ2v) is 4.51. The minimum absolute atomic E-state index is 0. The fourth-order valence-electron chi connectivity index (χ4n) is 0.414. The van der Waals surface area contributed by atoms with E-state index in [1.807, 2.05) is 28.1 Å². The van der Waals surface area contributed by atoms with Crippen molar-refractivity contribution in [1.29, 1.82) is 0 Å². The Hall–Kier alpha value is -1.33. The number of hydrogen-bond donors (Lipinski definition) is 1. The van der Waals surface area contributed by atoms with Gasteiger partial charge in [-0.15, -0.1) is 0 Å². The van der Waals surface area contributed by atoms with Crippen molar-refractivity contribution < 1.29 is 31.2 Å². The molecule has 5 nitrogen and oxygen atoms in total. The lowest BCUT2D eigenvalue weighted by Gasteiger charge is -2.30. The summed E-state index contributed by atoms with van der Waals surface area (Å²) in [5.74, 6) is -0.805. The molecule has 1 unspecified atom stereocenters. The van der Waals surface area contributed by atoms with Crippen LogP contribution in [0.1, 0.15) is 13.8 Å². The average Bonchev–Trinajstić information content (AvgIpc) is 2.16. The van der Waals surface area contributed by atoms with Gasteiger partial charge < -0.3 is 22.9 Å². The molecule has 0 aromatic heterocycles. The Balaban J connectivity index is -0.000000321. The van der Waals surface area contributed by atoms with Crippen LogP contribution < -0.4 is 18.1 Å². The summed E-state index contributed by atoms with van der Waals surface area (Å²) >= 11 is 0. The van der Waals surface area contributed by atoms with Gasteiger partial charge in [0.2, 0.25) is 12.1 Å². The van der Waals surface area contributed by atoms with Crippen LogP contribution in [-0.4, -0.2) is 43.7 Å². The van der Waals surface area contributed by atoms with Crippen molar-refractivity contribution in [3.05, 3.63) is 24.8 Å². The first-order valence-electron chi connectivity index (χ1n) is 5.11. The summed E-state index contributed by atoms with van der Waals surface area (Å²) in [5, 5.41) is 0. The van der Waals surface area contributed by atoms with E-state index in [-0.39, 0.29) is 24.6 Å². The van der Waals surface area contributed by atoms with Crippen LogP contribution in [0.5, 0.6) is 0 Å². The first kappa shape index (κ1) is 21.9. The van der Waals surface area contributed by atoms with E-state index in [1.54, 1.807) is 6.92 Å². The summed E-state index contributed by atoms with van der Waals surface area (Å²) in [6.45, 7) is 10.1. The number of hydrogen-bond acceptors (Lipinski definition) is 3. The third-order valence-electron chi connectivity index (χ3n) is 1.92. The number of quaternary nitrogens is 1. The van der Waals surface area contributed by atoms with Gasteiger partial charge in [0.25, 0.3) is 0 Å². The van der Waals surface area contributed by atoms with Crippen LogP contribution in [0.2, 0.25) is 0 Å². The molecular weight excluding hydrogens is 256 g/mol. The summed E-state index contributed by atoms with van der Waals surface area (Å²) in [4.78, 5) is 20.5. The number of carbonyl (C=O) groups is 2. The molecule has 0 bridgehead atoms. The summed E-state index contributed by atoms with van der Waals surface area (Å²) in [6.07, 6.45) is 0.911. The fraction of sp³-hybridized carbons (Fsp3) is 0.500. The predicted octanol–water partition coefficient (Wildman–Crippen LogP) is -2.18. The Morgan fingerprint density at radius 1 is 1.33 bits per heavy atom.